The third-order valence-corrected chi connectivity index (χ3v) is 4.79. The van der Waals surface area contributed by atoms with Gasteiger partial charge in [0.05, 0.1) is 5.03 Å². The fourth-order valence-electron chi connectivity index (χ4n) is 1.70. The Balaban J connectivity index is 1.91. The van der Waals surface area contributed by atoms with E-state index in [9.17, 15) is 0 Å². The molecular weight excluding hydrogens is 374 g/mol. The maximum absolute atomic E-state index is 4.36. The van der Waals surface area contributed by atoms with Crippen LogP contribution in [0, 0.1) is 0 Å². The summed E-state index contributed by atoms with van der Waals surface area (Å²) in [6.07, 6.45) is 11.4. The second kappa shape index (κ2) is 11.3. The second-order valence-corrected chi connectivity index (χ2v) is 7.15. The number of pyridine rings is 1. The van der Waals surface area contributed by atoms with E-state index in [1.165, 1.54) is 50.7 Å². The molecule has 0 spiro atoms. The van der Waals surface area contributed by atoms with E-state index in [0.717, 1.165) is 14.8 Å². The van der Waals surface area contributed by atoms with Crippen LogP contribution in [0.15, 0.2) is 27.8 Å². The highest BCUT2D eigenvalue weighted by atomic mass is 79.9. The Morgan fingerprint density at radius 3 is 2.22 bits per heavy atom. The van der Waals surface area contributed by atoms with Crippen LogP contribution in [0.4, 0.5) is 0 Å². The molecule has 0 radical (unpaired) electrons. The van der Waals surface area contributed by atoms with Crippen molar-refractivity contribution in [1.82, 2.24) is 4.98 Å². The van der Waals surface area contributed by atoms with Crippen LogP contribution < -0.4 is 0 Å². The average Bonchev–Trinajstić information content (AvgIpc) is 2.39. The van der Waals surface area contributed by atoms with Crippen LogP contribution in [-0.2, 0) is 0 Å². The summed E-state index contributed by atoms with van der Waals surface area (Å²) in [6.45, 7) is 0. The van der Waals surface area contributed by atoms with Gasteiger partial charge in [-0.1, -0.05) is 48.0 Å². The van der Waals surface area contributed by atoms with Crippen LogP contribution in [0.25, 0.3) is 0 Å². The fourth-order valence-corrected chi connectivity index (χ4v) is 3.18. The lowest BCUT2D eigenvalue weighted by Crippen LogP contribution is -1.85. The molecule has 1 nitrogen and oxygen atoms in total. The molecule has 0 aliphatic carbocycles. The molecule has 0 amide bonds. The zero-order chi connectivity index (χ0) is 13.1. The van der Waals surface area contributed by atoms with Gasteiger partial charge in [0, 0.05) is 16.0 Å². The summed E-state index contributed by atoms with van der Waals surface area (Å²) in [6, 6.07) is 4.13. The zero-order valence-electron chi connectivity index (χ0n) is 10.7. The van der Waals surface area contributed by atoms with E-state index >= 15 is 0 Å². The molecule has 4 heteroatoms. The molecule has 102 valence electrons. The van der Waals surface area contributed by atoms with Gasteiger partial charge in [0.2, 0.25) is 0 Å². The third-order valence-electron chi connectivity index (χ3n) is 2.73. The number of aromatic nitrogens is 1. The largest absolute Gasteiger partial charge is 0.249 e. The summed E-state index contributed by atoms with van der Waals surface area (Å²) >= 11 is 8.73. The van der Waals surface area contributed by atoms with Crippen LogP contribution in [-0.4, -0.2) is 16.1 Å². The number of alkyl halides is 1. The first-order valence-corrected chi connectivity index (χ1v) is 9.53. The number of thioether (sulfide) groups is 1. The van der Waals surface area contributed by atoms with E-state index in [2.05, 4.69) is 49.0 Å². The van der Waals surface area contributed by atoms with Crippen molar-refractivity contribution in [3.8, 4) is 0 Å². The van der Waals surface area contributed by atoms with E-state index in [1.54, 1.807) is 0 Å². The van der Waals surface area contributed by atoms with Gasteiger partial charge in [0.25, 0.3) is 0 Å². The smallest absolute Gasteiger partial charge is 0.0960 e. The van der Waals surface area contributed by atoms with Gasteiger partial charge < -0.3 is 0 Å². The number of hydrogen-bond acceptors (Lipinski definition) is 2. The molecular formula is C14H21Br2NS. The molecule has 0 saturated heterocycles. The third kappa shape index (κ3) is 8.54. The van der Waals surface area contributed by atoms with Gasteiger partial charge in [-0.2, -0.15) is 0 Å². The maximum Gasteiger partial charge on any atom is 0.0960 e. The van der Waals surface area contributed by atoms with E-state index in [4.69, 9.17) is 0 Å². The molecule has 0 aliphatic rings. The lowest BCUT2D eigenvalue weighted by Gasteiger charge is -2.02. The van der Waals surface area contributed by atoms with Crippen molar-refractivity contribution in [2.45, 2.75) is 50.0 Å². The van der Waals surface area contributed by atoms with Crippen molar-refractivity contribution < 1.29 is 0 Å². The summed E-state index contributed by atoms with van der Waals surface area (Å²) in [7, 11) is 0. The van der Waals surface area contributed by atoms with Crippen molar-refractivity contribution in [2.75, 3.05) is 11.1 Å². The summed E-state index contributed by atoms with van der Waals surface area (Å²) < 4.78 is 1.05. The van der Waals surface area contributed by atoms with Crippen LogP contribution in [0.3, 0.4) is 0 Å². The predicted octanol–water partition coefficient (Wildman–Crippen LogP) is 6.06. The number of rotatable bonds is 10. The number of nitrogens with zero attached hydrogens (tertiary/aromatic N) is 1. The van der Waals surface area contributed by atoms with Gasteiger partial charge in [0.1, 0.15) is 0 Å². The van der Waals surface area contributed by atoms with E-state index in [-0.39, 0.29) is 0 Å². The van der Waals surface area contributed by atoms with Crippen LogP contribution >= 0.6 is 43.6 Å². The first kappa shape index (κ1) is 16.5. The lowest BCUT2D eigenvalue weighted by molar-refractivity contribution is 0.606. The second-order valence-electron chi connectivity index (χ2n) is 4.33. The minimum Gasteiger partial charge on any atom is -0.249 e. The van der Waals surface area contributed by atoms with Crippen molar-refractivity contribution in [3.63, 3.8) is 0 Å². The molecule has 0 unspecified atom stereocenters. The van der Waals surface area contributed by atoms with Crippen molar-refractivity contribution in [1.29, 1.82) is 0 Å². The number of unbranched alkanes of at least 4 members (excludes halogenated alkanes) is 6. The van der Waals surface area contributed by atoms with Crippen LogP contribution in [0.2, 0.25) is 0 Å². The van der Waals surface area contributed by atoms with Gasteiger partial charge in [-0.3, -0.25) is 0 Å². The Morgan fingerprint density at radius 1 is 0.944 bits per heavy atom. The van der Waals surface area contributed by atoms with Crippen molar-refractivity contribution in [3.05, 3.63) is 22.8 Å². The van der Waals surface area contributed by atoms with Crippen molar-refractivity contribution in [2.24, 2.45) is 0 Å². The van der Waals surface area contributed by atoms with Crippen molar-refractivity contribution >= 4 is 43.6 Å². The van der Waals surface area contributed by atoms with E-state index in [1.807, 2.05) is 18.0 Å². The molecule has 1 heterocycles. The molecule has 1 aromatic heterocycles. The molecule has 0 aliphatic heterocycles. The summed E-state index contributed by atoms with van der Waals surface area (Å²) in [5.74, 6) is 1.19. The zero-order valence-corrected chi connectivity index (χ0v) is 14.7. The SMILES string of the molecule is BrCCCCCCCCCSc1ccc(Br)cn1. The highest BCUT2D eigenvalue weighted by molar-refractivity contribution is 9.10. The highest BCUT2D eigenvalue weighted by Gasteiger charge is 1.96. The van der Waals surface area contributed by atoms with Crippen LogP contribution in [0.5, 0.6) is 0 Å². The summed E-state index contributed by atoms with van der Waals surface area (Å²) in [5.41, 5.74) is 0. The molecule has 18 heavy (non-hydrogen) atoms. The first-order valence-electron chi connectivity index (χ1n) is 6.63. The number of hydrogen-bond donors (Lipinski definition) is 0. The van der Waals surface area contributed by atoms with E-state index in [0.29, 0.717) is 0 Å². The Bertz CT molecular complexity index is 303. The Morgan fingerprint density at radius 2 is 1.61 bits per heavy atom. The quantitative estimate of drug-likeness (QED) is 0.271. The molecule has 0 fully saturated rings. The highest BCUT2D eigenvalue weighted by Crippen LogP contribution is 2.19. The van der Waals surface area contributed by atoms with Gasteiger partial charge in [-0.05, 0) is 46.7 Å². The summed E-state index contributed by atoms with van der Waals surface area (Å²) in [5, 5.41) is 2.29. The van der Waals surface area contributed by atoms with Gasteiger partial charge in [0.15, 0.2) is 0 Å². The first-order chi connectivity index (χ1) is 8.83. The molecule has 0 saturated carbocycles. The minimum absolute atomic E-state index is 1.05. The molecule has 1 rings (SSSR count). The standard InChI is InChI=1S/C14H21Br2NS/c15-10-6-4-2-1-3-5-7-11-18-14-9-8-13(16)12-17-14/h8-9,12H,1-7,10-11H2. The minimum atomic E-state index is 1.05. The average molecular weight is 395 g/mol. The fraction of sp³-hybridized carbons (Fsp3) is 0.643. The van der Waals surface area contributed by atoms with Gasteiger partial charge in [-0.15, -0.1) is 11.8 Å². The van der Waals surface area contributed by atoms with Gasteiger partial charge >= 0.3 is 0 Å². The van der Waals surface area contributed by atoms with E-state index < -0.39 is 0 Å². The molecule has 0 aromatic carbocycles. The maximum atomic E-state index is 4.36. The Labute approximate surface area is 132 Å². The monoisotopic (exact) mass is 393 g/mol. The summed E-state index contributed by atoms with van der Waals surface area (Å²) in [4.78, 5) is 4.36. The Hall–Kier alpha value is 0.460. The Kier molecular flexibility index (Phi) is 10.4. The predicted molar refractivity (Wildman–Crippen MR) is 88.8 cm³/mol. The van der Waals surface area contributed by atoms with Crippen LogP contribution in [0.1, 0.15) is 44.9 Å². The van der Waals surface area contributed by atoms with Gasteiger partial charge in [-0.25, -0.2) is 4.98 Å². The molecule has 0 atom stereocenters. The number of halogens is 2. The normalized spacial score (nSPS) is 10.8. The topological polar surface area (TPSA) is 12.9 Å². The molecule has 0 bridgehead atoms. The molecule has 0 N–H and O–H groups in total. The molecule has 1 aromatic rings. The lowest BCUT2D eigenvalue weighted by atomic mass is 10.1.